The van der Waals surface area contributed by atoms with Crippen molar-refractivity contribution in [2.75, 3.05) is 7.11 Å². The SMILES string of the molecule is CCn1cnc(-c2ccc(OC)cc2)c1-c1ccc(/C=C/C(=O)NO)cc1. The lowest BCUT2D eigenvalue weighted by molar-refractivity contribution is -0.124. The van der Waals surface area contributed by atoms with Gasteiger partial charge in [0.2, 0.25) is 0 Å². The first-order valence-electron chi connectivity index (χ1n) is 8.58. The predicted molar refractivity (Wildman–Crippen MR) is 104 cm³/mol. The molecule has 2 N–H and O–H groups in total. The minimum atomic E-state index is -0.565. The van der Waals surface area contributed by atoms with E-state index in [1.807, 2.05) is 54.9 Å². The Morgan fingerprint density at radius 3 is 2.41 bits per heavy atom. The molecule has 138 valence electrons. The number of nitrogens with one attached hydrogen (secondary N) is 1. The number of ether oxygens (including phenoxy) is 1. The number of aromatic nitrogens is 2. The van der Waals surface area contributed by atoms with Crippen LogP contribution in [-0.2, 0) is 11.3 Å². The molecule has 6 heteroatoms. The van der Waals surface area contributed by atoms with Crippen LogP contribution in [-0.4, -0.2) is 27.8 Å². The van der Waals surface area contributed by atoms with Crippen molar-refractivity contribution >= 4 is 12.0 Å². The molecule has 0 aliphatic heterocycles. The van der Waals surface area contributed by atoms with Gasteiger partial charge in [-0.15, -0.1) is 0 Å². The molecule has 0 unspecified atom stereocenters. The van der Waals surface area contributed by atoms with E-state index in [1.54, 1.807) is 18.7 Å². The highest BCUT2D eigenvalue weighted by atomic mass is 16.5. The Hall–Kier alpha value is -3.38. The van der Waals surface area contributed by atoms with Crippen LogP contribution in [0.5, 0.6) is 5.75 Å². The van der Waals surface area contributed by atoms with E-state index in [9.17, 15) is 4.79 Å². The summed E-state index contributed by atoms with van der Waals surface area (Å²) >= 11 is 0. The maximum Gasteiger partial charge on any atom is 0.267 e. The highest BCUT2D eigenvalue weighted by Gasteiger charge is 2.14. The highest BCUT2D eigenvalue weighted by molar-refractivity contribution is 5.91. The van der Waals surface area contributed by atoms with Gasteiger partial charge in [-0.3, -0.25) is 10.0 Å². The first kappa shape index (κ1) is 18.4. The second kappa shape index (κ2) is 8.33. The summed E-state index contributed by atoms with van der Waals surface area (Å²) in [4.78, 5) is 15.7. The maximum absolute atomic E-state index is 11.1. The van der Waals surface area contributed by atoms with Gasteiger partial charge < -0.3 is 9.30 Å². The Bertz CT molecular complexity index is 942. The van der Waals surface area contributed by atoms with Gasteiger partial charge in [0.05, 0.1) is 24.8 Å². The normalized spacial score (nSPS) is 10.9. The molecule has 3 aromatic rings. The Morgan fingerprint density at radius 2 is 1.81 bits per heavy atom. The van der Waals surface area contributed by atoms with Gasteiger partial charge >= 0.3 is 0 Å². The molecule has 1 aromatic heterocycles. The van der Waals surface area contributed by atoms with Crippen molar-refractivity contribution < 1.29 is 14.7 Å². The molecule has 27 heavy (non-hydrogen) atoms. The van der Waals surface area contributed by atoms with Crippen molar-refractivity contribution in [1.29, 1.82) is 0 Å². The number of hydrogen-bond donors (Lipinski definition) is 2. The number of carbonyl (C=O) groups is 1. The summed E-state index contributed by atoms with van der Waals surface area (Å²) in [6.07, 6.45) is 4.75. The Labute approximate surface area is 157 Å². The van der Waals surface area contributed by atoms with Gasteiger partial charge in [0, 0.05) is 23.7 Å². The molecule has 0 atom stereocenters. The Morgan fingerprint density at radius 1 is 1.15 bits per heavy atom. The standard InChI is InChI=1S/C21H21N3O3/c1-3-24-14-22-20(16-9-11-18(27-2)12-10-16)21(24)17-7-4-15(5-8-17)6-13-19(25)23-26/h4-14,26H,3H2,1-2H3,(H,23,25)/b13-6+. The Kier molecular flexibility index (Phi) is 5.68. The number of hydroxylamine groups is 1. The molecule has 0 aliphatic carbocycles. The molecule has 0 radical (unpaired) electrons. The highest BCUT2D eigenvalue weighted by Crippen LogP contribution is 2.32. The fourth-order valence-corrected chi connectivity index (χ4v) is 2.85. The third-order valence-electron chi connectivity index (χ3n) is 4.26. The predicted octanol–water partition coefficient (Wildman–Crippen LogP) is 3.76. The number of aryl methyl sites for hydroxylation is 1. The van der Waals surface area contributed by atoms with Gasteiger partial charge in [-0.2, -0.15) is 0 Å². The lowest BCUT2D eigenvalue weighted by Gasteiger charge is -2.10. The zero-order chi connectivity index (χ0) is 19.2. The summed E-state index contributed by atoms with van der Waals surface area (Å²) in [5, 5.41) is 8.54. The van der Waals surface area contributed by atoms with Crippen LogP contribution < -0.4 is 10.2 Å². The number of rotatable bonds is 6. The van der Waals surface area contributed by atoms with E-state index in [1.165, 1.54) is 6.08 Å². The summed E-state index contributed by atoms with van der Waals surface area (Å²) in [7, 11) is 1.65. The van der Waals surface area contributed by atoms with E-state index in [0.717, 1.165) is 40.4 Å². The van der Waals surface area contributed by atoms with Crippen LogP contribution in [0.4, 0.5) is 0 Å². The van der Waals surface area contributed by atoms with Gasteiger partial charge in [0.25, 0.3) is 5.91 Å². The average molecular weight is 363 g/mol. The van der Waals surface area contributed by atoms with Crippen molar-refractivity contribution in [3.8, 4) is 28.3 Å². The molecule has 1 heterocycles. The number of benzene rings is 2. The molecule has 0 saturated heterocycles. The van der Waals surface area contributed by atoms with E-state index < -0.39 is 5.91 Å². The summed E-state index contributed by atoms with van der Waals surface area (Å²) in [5.41, 5.74) is 6.41. The molecule has 2 aromatic carbocycles. The summed E-state index contributed by atoms with van der Waals surface area (Å²) in [6, 6.07) is 15.7. The summed E-state index contributed by atoms with van der Waals surface area (Å²) < 4.78 is 7.33. The third kappa shape index (κ3) is 4.07. The second-order valence-electron chi connectivity index (χ2n) is 5.89. The lowest BCUT2D eigenvalue weighted by atomic mass is 10.0. The molecule has 1 amide bonds. The van der Waals surface area contributed by atoms with E-state index in [4.69, 9.17) is 9.94 Å². The molecule has 0 spiro atoms. The minimum absolute atomic E-state index is 0.565. The monoisotopic (exact) mass is 363 g/mol. The first-order chi connectivity index (χ1) is 13.2. The molecule has 6 nitrogen and oxygen atoms in total. The fourth-order valence-electron chi connectivity index (χ4n) is 2.85. The second-order valence-corrected chi connectivity index (χ2v) is 5.89. The smallest absolute Gasteiger partial charge is 0.267 e. The molecule has 0 fully saturated rings. The molecule has 0 aliphatic rings. The maximum atomic E-state index is 11.1. The van der Waals surface area contributed by atoms with Crippen molar-refractivity contribution in [2.45, 2.75) is 13.5 Å². The van der Waals surface area contributed by atoms with Crippen molar-refractivity contribution in [3.63, 3.8) is 0 Å². The van der Waals surface area contributed by atoms with Gasteiger partial charge in [-0.05, 0) is 42.8 Å². The molecule has 0 bridgehead atoms. The summed E-state index contributed by atoms with van der Waals surface area (Å²) in [6.45, 7) is 2.88. The summed E-state index contributed by atoms with van der Waals surface area (Å²) in [5.74, 6) is 0.239. The molecular weight excluding hydrogens is 342 g/mol. The van der Waals surface area contributed by atoms with Crippen molar-refractivity contribution in [1.82, 2.24) is 15.0 Å². The molecular formula is C21H21N3O3. The van der Waals surface area contributed by atoms with E-state index in [-0.39, 0.29) is 0 Å². The molecule has 3 rings (SSSR count). The largest absolute Gasteiger partial charge is 0.497 e. The zero-order valence-electron chi connectivity index (χ0n) is 15.2. The van der Waals surface area contributed by atoms with Gasteiger partial charge in [-0.1, -0.05) is 24.3 Å². The first-order valence-corrected chi connectivity index (χ1v) is 8.58. The fraction of sp³-hybridized carbons (Fsp3) is 0.143. The van der Waals surface area contributed by atoms with Crippen molar-refractivity contribution in [2.24, 2.45) is 0 Å². The van der Waals surface area contributed by atoms with Crippen LogP contribution >= 0.6 is 0 Å². The third-order valence-corrected chi connectivity index (χ3v) is 4.26. The lowest BCUT2D eigenvalue weighted by Crippen LogP contribution is -2.14. The van der Waals surface area contributed by atoms with Gasteiger partial charge in [0.1, 0.15) is 5.75 Å². The van der Waals surface area contributed by atoms with Crippen LogP contribution in [0.3, 0.4) is 0 Å². The number of amides is 1. The van der Waals surface area contributed by atoms with Crippen LogP contribution in [0.2, 0.25) is 0 Å². The van der Waals surface area contributed by atoms with Crippen LogP contribution in [0, 0.1) is 0 Å². The quantitative estimate of drug-likeness (QED) is 0.397. The Balaban J connectivity index is 1.97. The van der Waals surface area contributed by atoms with Crippen LogP contribution in [0.1, 0.15) is 12.5 Å². The average Bonchev–Trinajstić information content (AvgIpc) is 3.16. The van der Waals surface area contributed by atoms with Gasteiger partial charge in [0.15, 0.2) is 0 Å². The number of imidazole rings is 1. The number of carbonyl (C=O) groups excluding carboxylic acids is 1. The number of hydrogen-bond acceptors (Lipinski definition) is 4. The minimum Gasteiger partial charge on any atom is -0.497 e. The van der Waals surface area contributed by atoms with Crippen LogP contribution in [0.15, 0.2) is 60.9 Å². The van der Waals surface area contributed by atoms with Crippen molar-refractivity contribution in [3.05, 3.63) is 66.5 Å². The van der Waals surface area contributed by atoms with Gasteiger partial charge in [-0.25, -0.2) is 10.5 Å². The van der Waals surface area contributed by atoms with Crippen LogP contribution in [0.25, 0.3) is 28.6 Å². The number of methoxy groups -OCH3 is 1. The van der Waals surface area contributed by atoms with E-state index in [2.05, 4.69) is 16.5 Å². The van der Waals surface area contributed by atoms with E-state index >= 15 is 0 Å². The topological polar surface area (TPSA) is 76.4 Å². The number of nitrogens with zero attached hydrogens (tertiary/aromatic N) is 2. The van der Waals surface area contributed by atoms with E-state index in [0.29, 0.717) is 0 Å². The zero-order valence-corrected chi connectivity index (χ0v) is 15.2. The molecule has 0 saturated carbocycles.